The van der Waals surface area contributed by atoms with Crippen LogP contribution in [0.5, 0.6) is 0 Å². The molecule has 60 heavy (non-hydrogen) atoms. The number of anilines is 2. The quantitative estimate of drug-likeness (QED) is 0.172. The van der Waals surface area contributed by atoms with Crippen molar-refractivity contribution in [2.45, 2.75) is 77.3 Å². The van der Waals surface area contributed by atoms with Crippen molar-refractivity contribution in [2.24, 2.45) is 11.8 Å². The van der Waals surface area contributed by atoms with Gasteiger partial charge in [-0.2, -0.15) is 10.2 Å². The minimum Gasteiger partial charge on any atom is -0.356 e. The number of hydrogen-bond donors (Lipinski definition) is 2. The minimum atomic E-state index is -0.0763. The van der Waals surface area contributed by atoms with Crippen LogP contribution in [0.2, 0.25) is 10.0 Å². The van der Waals surface area contributed by atoms with Gasteiger partial charge in [0.25, 0.3) is 0 Å². The van der Waals surface area contributed by atoms with Crippen LogP contribution in [0.25, 0.3) is 22.3 Å². The number of piperidine rings is 2. The second-order valence-electron chi connectivity index (χ2n) is 16.6. The molecule has 4 saturated heterocycles. The Kier molecular flexibility index (Phi) is 11.7. The number of pyridine rings is 2. The molecular weight excluding hydrogens is 803 g/mol. The predicted molar refractivity (Wildman–Crippen MR) is 231 cm³/mol. The van der Waals surface area contributed by atoms with Crippen LogP contribution >= 0.6 is 23.2 Å². The maximum absolute atomic E-state index is 12.8. The molecule has 18 heteroatoms. The summed E-state index contributed by atoms with van der Waals surface area (Å²) in [5.41, 5.74) is 3.14. The van der Waals surface area contributed by atoms with Gasteiger partial charge in [0.1, 0.15) is 35.4 Å². The number of aromatic amines is 2. The van der Waals surface area contributed by atoms with Gasteiger partial charge in [0.05, 0.1) is 45.3 Å². The molecule has 0 saturated carbocycles. The molecule has 0 aromatic carbocycles. The molecular formula is C42H52Cl2N14O2. The van der Waals surface area contributed by atoms with Crippen molar-refractivity contribution in [2.75, 3.05) is 62.2 Å². The van der Waals surface area contributed by atoms with Crippen LogP contribution in [0.1, 0.15) is 88.9 Å². The van der Waals surface area contributed by atoms with Gasteiger partial charge in [-0.3, -0.25) is 19.0 Å². The summed E-state index contributed by atoms with van der Waals surface area (Å²) in [4.78, 5) is 59.9. The zero-order valence-corrected chi connectivity index (χ0v) is 35.7. The first-order valence-corrected chi connectivity index (χ1v) is 22.1. The van der Waals surface area contributed by atoms with Crippen molar-refractivity contribution >= 4 is 69.0 Å². The van der Waals surface area contributed by atoms with Crippen LogP contribution in [0, 0.1) is 11.8 Å². The zero-order chi connectivity index (χ0) is 41.3. The molecule has 0 unspecified atom stereocenters. The monoisotopic (exact) mass is 854 g/mol. The zero-order valence-electron chi connectivity index (χ0n) is 34.2. The van der Waals surface area contributed by atoms with Crippen LogP contribution in [0.4, 0.5) is 11.6 Å². The fourth-order valence-corrected chi connectivity index (χ4v) is 9.31. The summed E-state index contributed by atoms with van der Waals surface area (Å²) < 4.78 is 3.56. The largest absolute Gasteiger partial charge is 0.356 e. The summed E-state index contributed by atoms with van der Waals surface area (Å²) in [6.07, 6.45) is 15.3. The number of likely N-dealkylation sites (tertiary alicyclic amines) is 2. The Labute approximate surface area is 358 Å². The highest BCUT2D eigenvalue weighted by atomic mass is 35.5. The number of amides is 2. The van der Waals surface area contributed by atoms with Gasteiger partial charge in [0.15, 0.2) is 11.3 Å². The standard InChI is InChI=1S/2C21H26ClN7O/c2*1-14(29-13-16(22)11-23-29)19-24-17-6-7-18(25-20(17)26-19)28-10-4-5-15(12-28)21(30)27-8-2-3-9-27/h2*6-7,11,13-15H,2-5,8-10,12H2,1H3,(H,24,25,26)/t14-,15+;14-,15-/m01/s1. The lowest BCUT2D eigenvalue weighted by Gasteiger charge is -2.34. The highest BCUT2D eigenvalue weighted by Crippen LogP contribution is 2.29. The normalized spacial score (nSPS) is 20.8. The van der Waals surface area contributed by atoms with Gasteiger partial charge in [0.2, 0.25) is 11.8 Å². The Morgan fingerprint density at radius 3 is 1.40 bits per heavy atom. The van der Waals surface area contributed by atoms with Gasteiger partial charge < -0.3 is 29.6 Å². The molecule has 16 nitrogen and oxygen atoms in total. The molecule has 4 fully saturated rings. The van der Waals surface area contributed by atoms with Crippen LogP contribution in [0.15, 0.2) is 49.1 Å². The predicted octanol–water partition coefficient (Wildman–Crippen LogP) is 6.51. The Morgan fingerprint density at radius 1 is 0.600 bits per heavy atom. The number of hydrogen-bond acceptors (Lipinski definition) is 10. The molecule has 0 spiro atoms. The molecule has 0 radical (unpaired) electrons. The molecule has 2 N–H and O–H groups in total. The average molecular weight is 856 g/mol. The number of halogens is 2. The smallest absolute Gasteiger partial charge is 0.227 e. The van der Waals surface area contributed by atoms with E-state index < -0.39 is 0 Å². The SMILES string of the molecule is C[C@@H](c1nc2nc(N3CCC[C@@H](C(=O)N4CCCC4)C3)ccc2[nH]1)n1cc(Cl)cn1.C[C@H](c1nc2nc(N3CCC[C@@H](C(=O)N4CCCC4)C3)ccc2[nH]1)n1cc(Cl)cn1. The van der Waals surface area contributed by atoms with Gasteiger partial charge >= 0.3 is 0 Å². The maximum Gasteiger partial charge on any atom is 0.227 e. The summed E-state index contributed by atoms with van der Waals surface area (Å²) in [5, 5.41) is 9.74. The first-order chi connectivity index (χ1) is 29.2. The minimum absolute atomic E-state index is 0.0636. The maximum atomic E-state index is 12.8. The van der Waals surface area contributed by atoms with Crippen molar-refractivity contribution in [3.05, 3.63) is 70.7 Å². The molecule has 4 atom stereocenters. The van der Waals surface area contributed by atoms with E-state index in [0.29, 0.717) is 33.2 Å². The number of imidazole rings is 2. The molecule has 4 aliphatic rings. The number of carbonyl (C=O) groups excluding carboxylic acids is 2. The summed E-state index contributed by atoms with van der Waals surface area (Å²) in [6, 6.07) is 7.91. The van der Waals surface area contributed by atoms with Crippen LogP contribution < -0.4 is 9.80 Å². The lowest BCUT2D eigenvalue weighted by atomic mass is 9.96. The summed E-state index contributed by atoms with van der Waals surface area (Å²) in [5.74, 6) is 4.09. The van der Waals surface area contributed by atoms with Gasteiger partial charge in [-0.25, -0.2) is 19.9 Å². The number of carbonyl (C=O) groups is 2. The Balaban J connectivity index is 0.000000154. The Morgan fingerprint density at radius 2 is 1.02 bits per heavy atom. The molecule has 0 bridgehead atoms. The number of aromatic nitrogens is 10. The Bertz CT molecular complexity index is 2280. The van der Waals surface area contributed by atoms with Crippen molar-refractivity contribution < 1.29 is 9.59 Å². The van der Waals surface area contributed by atoms with E-state index >= 15 is 0 Å². The second kappa shape index (κ2) is 17.4. The molecule has 10 heterocycles. The van der Waals surface area contributed by atoms with Gasteiger partial charge in [0, 0.05) is 64.8 Å². The molecule has 0 aliphatic carbocycles. The molecule has 2 amide bonds. The van der Waals surface area contributed by atoms with Crippen molar-refractivity contribution in [1.29, 1.82) is 0 Å². The van der Waals surface area contributed by atoms with Gasteiger partial charge in [-0.15, -0.1) is 0 Å². The summed E-state index contributed by atoms with van der Waals surface area (Å²) in [7, 11) is 0. The van der Waals surface area contributed by atoms with E-state index in [9.17, 15) is 9.59 Å². The molecule has 4 aliphatic heterocycles. The highest BCUT2D eigenvalue weighted by molar-refractivity contribution is 6.30. The summed E-state index contributed by atoms with van der Waals surface area (Å²) in [6.45, 7) is 11.0. The molecule has 316 valence electrons. The van der Waals surface area contributed by atoms with E-state index in [4.69, 9.17) is 43.1 Å². The lowest BCUT2D eigenvalue weighted by molar-refractivity contribution is -0.135. The fourth-order valence-electron chi connectivity index (χ4n) is 9.02. The Hall–Kier alpha value is -5.22. The number of rotatable bonds is 8. The van der Waals surface area contributed by atoms with E-state index in [1.807, 2.05) is 47.9 Å². The van der Waals surface area contributed by atoms with Crippen molar-refractivity contribution in [3.63, 3.8) is 0 Å². The molecule has 10 rings (SSSR count). The third kappa shape index (κ3) is 8.53. The lowest BCUT2D eigenvalue weighted by Crippen LogP contribution is -2.44. The van der Waals surface area contributed by atoms with E-state index in [1.54, 1.807) is 34.2 Å². The van der Waals surface area contributed by atoms with Crippen LogP contribution in [0.3, 0.4) is 0 Å². The number of H-pyrrole nitrogens is 2. The number of fused-ring (bicyclic) bond motifs is 2. The average Bonchev–Trinajstić information content (AvgIpc) is 4.14. The third-order valence-corrected chi connectivity index (χ3v) is 12.8. The highest BCUT2D eigenvalue weighted by Gasteiger charge is 2.33. The van der Waals surface area contributed by atoms with E-state index in [1.165, 1.54) is 0 Å². The van der Waals surface area contributed by atoms with Crippen molar-refractivity contribution in [3.8, 4) is 0 Å². The molecule has 6 aromatic heterocycles. The number of nitrogens with zero attached hydrogens (tertiary/aromatic N) is 12. The fraction of sp³-hybridized carbons (Fsp3) is 0.524. The van der Waals surface area contributed by atoms with Crippen LogP contribution in [-0.2, 0) is 9.59 Å². The second-order valence-corrected chi connectivity index (χ2v) is 17.5. The topological polar surface area (TPSA) is 166 Å². The first-order valence-electron chi connectivity index (χ1n) is 21.4. The van der Waals surface area contributed by atoms with Gasteiger partial charge in [-0.05, 0) is 89.5 Å². The van der Waals surface area contributed by atoms with E-state index in [-0.39, 0.29) is 23.9 Å². The van der Waals surface area contributed by atoms with Crippen molar-refractivity contribution in [1.82, 2.24) is 59.3 Å². The van der Waals surface area contributed by atoms with E-state index in [2.05, 4.69) is 30.0 Å². The van der Waals surface area contributed by atoms with Crippen LogP contribution in [-0.4, -0.2) is 123 Å². The van der Waals surface area contributed by atoms with E-state index in [0.717, 1.165) is 138 Å². The number of nitrogens with one attached hydrogen (secondary N) is 2. The molecule has 6 aromatic rings. The third-order valence-electron chi connectivity index (χ3n) is 12.4. The first kappa shape index (κ1) is 40.2. The van der Waals surface area contributed by atoms with Gasteiger partial charge in [-0.1, -0.05) is 23.2 Å². The summed E-state index contributed by atoms with van der Waals surface area (Å²) >= 11 is 12.0.